The van der Waals surface area contributed by atoms with Crippen molar-refractivity contribution < 1.29 is 4.79 Å². The topological polar surface area (TPSA) is 80.9 Å². The highest BCUT2D eigenvalue weighted by atomic mass is 16.1. The standard InChI is InChI=1S/C17H20N4O/c18-15-7-6-13(14-9-19-11-20-10-14)8-16(15)21-17(22)12-4-2-1-3-5-12/h6-12H,1-5,18H2,(H,21,22). The molecule has 22 heavy (non-hydrogen) atoms. The number of nitrogens with one attached hydrogen (secondary N) is 1. The average Bonchev–Trinajstić information content (AvgIpc) is 2.58. The van der Waals surface area contributed by atoms with Gasteiger partial charge in [0.25, 0.3) is 0 Å². The largest absolute Gasteiger partial charge is 0.397 e. The number of hydrogen-bond donors (Lipinski definition) is 2. The fourth-order valence-corrected chi connectivity index (χ4v) is 2.89. The van der Waals surface area contributed by atoms with Crippen LogP contribution in [0.4, 0.5) is 11.4 Å². The number of hydrogen-bond acceptors (Lipinski definition) is 4. The van der Waals surface area contributed by atoms with E-state index in [1.54, 1.807) is 18.5 Å². The molecule has 0 spiro atoms. The van der Waals surface area contributed by atoms with Gasteiger partial charge in [-0.2, -0.15) is 0 Å². The van der Waals surface area contributed by atoms with Crippen LogP contribution >= 0.6 is 0 Å². The number of carbonyl (C=O) groups is 1. The van der Waals surface area contributed by atoms with Crippen LogP contribution in [0.2, 0.25) is 0 Å². The first-order valence-corrected chi connectivity index (χ1v) is 7.70. The highest BCUT2D eigenvalue weighted by Crippen LogP contribution is 2.29. The first kappa shape index (κ1) is 14.5. The van der Waals surface area contributed by atoms with Crippen molar-refractivity contribution in [3.8, 4) is 11.1 Å². The van der Waals surface area contributed by atoms with Crippen LogP contribution in [0.5, 0.6) is 0 Å². The van der Waals surface area contributed by atoms with Crippen LogP contribution in [-0.2, 0) is 4.79 Å². The van der Waals surface area contributed by atoms with Gasteiger partial charge in [-0.3, -0.25) is 4.79 Å². The van der Waals surface area contributed by atoms with E-state index in [1.165, 1.54) is 12.7 Å². The number of nitrogen functional groups attached to an aromatic ring is 1. The summed E-state index contributed by atoms with van der Waals surface area (Å²) in [6.07, 6.45) is 10.4. The minimum Gasteiger partial charge on any atom is -0.397 e. The fourth-order valence-electron chi connectivity index (χ4n) is 2.89. The maximum absolute atomic E-state index is 12.4. The number of amides is 1. The third-order valence-corrected chi connectivity index (χ3v) is 4.18. The summed E-state index contributed by atoms with van der Waals surface area (Å²) in [6.45, 7) is 0. The molecule has 1 amide bonds. The summed E-state index contributed by atoms with van der Waals surface area (Å²) in [5.41, 5.74) is 9.07. The van der Waals surface area contributed by atoms with E-state index < -0.39 is 0 Å². The Kier molecular flexibility index (Phi) is 4.32. The van der Waals surface area contributed by atoms with Gasteiger partial charge in [0, 0.05) is 23.9 Å². The van der Waals surface area contributed by atoms with Crippen LogP contribution in [0.1, 0.15) is 32.1 Å². The zero-order valence-electron chi connectivity index (χ0n) is 12.5. The molecule has 2 aromatic rings. The van der Waals surface area contributed by atoms with E-state index in [2.05, 4.69) is 15.3 Å². The molecule has 1 aliphatic carbocycles. The van der Waals surface area contributed by atoms with Gasteiger partial charge in [-0.15, -0.1) is 0 Å². The Balaban J connectivity index is 1.79. The summed E-state index contributed by atoms with van der Waals surface area (Å²) in [4.78, 5) is 20.4. The van der Waals surface area contributed by atoms with Crippen molar-refractivity contribution in [3.05, 3.63) is 36.9 Å². The normalized spacial score (nSPS) is 15.5. The summed E-state index contributed by atoms with van der Waals surface area (Å²) < 4.78 is 0. The van der Waals surface area contributed by atoms with E-state index in [0.29, 0.717) is 11.4 Å². The molecule has 5 heteroatoms. The predicted octanol–water partition coefficient (Wildman–Crippen LogP) is 3.24. The van der Waals surface area contributed by atoms with Crippen LogP contribution in [0.25, 0.3) is 11.1 Å². The zero-order chi connectivity index (χ0) is 15.4. The van der Waals surface area contributed by atoms with Crippen molar-refractivity contribution in [2.75, 3.05) is 11.1 Å². The Bertz CT molecular complexity index is 651. The van der Waals surface area contributed by atoms with Gasteiger partial charge >= 0.3 is 0 Å². The monoisotopic (exact) mass is 296 g/mol. The molecule has 114 valence electrons. The summed E-state index contributed by atoms with van der Waals surface area (Å²) in [5, 5.41) is 2.99. The molecule has 5 nitrogen and oxygen atoms in total. The molecule has 0 radical (unpaired) electrons. The van der Waals surface area contributed by atoms with E-state index in [9.17, 15) is 4.79 Å². The van der Waals surface area contributed by atoms with E-state index in [4.69, 9.17) is 5.73 Å². The lowest BCUT2D eigenvalue weighted by Crippen LogP contribution is -2.25. The Morgan fingerprint density at radius 3 is 2.55 bits per heavy atom. The van der Waals surface area contributed by atoms with Crippen LogP contribution in [0.15, 0.2) is 36.9 Å². The highest BCUT2D eigenvalue weighted by Gasteiger charge is 2.21. The predicted molar refractivity (Wildman–Crippen MR) is 87.1 cm³/mol. The lowest BCUT2D eigenvalue weighted by Gasteiger charge is -2.21. The molecule has 0 saturated heterocycles. The first-order chi connectivity index (χ1) is 10.7. The Morgan fingerprint density at radius 2 is 1.82 bits per heavy atom. The summed E-state index contributed by atoms with van der Waals surface area (Å²) in [7, 11) is 0. The lowest BCUT2D eigenvalue weighted by molar-refractivity contribution is -0.120. The van der Waals surface area contributed by atoms with Crippen molar-refractivity contribution in [1.29, 1.82) is 0 Å². The minimum absolute atomic E-state index is 0.0767. The Hall–Kier alpha value is -2.43. The SMILES string of the molecule is Nc1ccc(-c2cncnc2)cc1NC(=O)C1CCCCC1. The fraction of sp³-hybridized carbons (Fsp3) is 0.353. The number of benzene rings is 1. The molecule has 1 aromatic carbocycles. The molecule has 3 rings (SSSR count). The molecule has 0 atom stereocenters. The van der Waals surface area contributed by atoms with Crippen molar-refractivity contribution in [2.24, 2.45) is 5.92 Å². The second-order valence-corrected chi connectivity index (χ2v) is 5.75. The van der Waals surface area contributed by atoms with Gasteiger partial charge in [0.1, 0.15) is 6.33 Å². The highest BCUT2D eigenvalue weighted by molar-refractivity contribution is 5.96. The molecular weight excluding hydrogens is 276 g/mol. The number of carbonyl (C=O) groups excluding carboxylic acids is 1. The van der Waals surface area contributed by atoms with Gasteiger partial charge in [0.2, 0.25) is 5.91 Å². The molecule has 1 heterocycles. The van der Waals surface area contributed by atoms with E-state index in [-0.39, 0.29) is 11.8 Å². The molecule has 0 aliphatic heterocycles. The van der Waals surface area contributed by atoms with Crippen LogP contribution in [0.3, 0.4) is 0 Å². The van der Waals surface area contributed by atoms with E-state index in [1.807, 2.05) is 12.1 Å². The van der Waals surface area contributed by atoms with Crippen molar-refractivity contribution in [1.82, 2.24) is 9.97 Å². The molecule has 1 fully saturated rings. The van der Waals surface area contributed by atoms with E-state index in [0.717, 1.165) is 36.8 Å². The second-order valence-electron chi connectivity index (χ2n) is 5.75. The number of anilines is 2. The number of nitrogens with two attached hydrogens (primary N) is 1. The summed E-state index contributed by atoms with van der Waals surface area (Å²) in [6, 6.07) is 5.60. The van der Waals surface area contributed by atoms with Gasteiger partial charge in [0.05, 0.1) is 11.4 Å². The maximum atomic E-state index is 12.4. The van der Waals surface area contributed by atoms with Gasteiger partial charge < -0.3 is 11.1 Å². The molecule has 0 unspecified atom stereocenters. The van der Waals surface area contributed by atoms with Gasteiger partial charge in [0.15, 0.2) is 0 Å². The van der Waals surface area contributed by atoms with Crippen LogP contribution in [-0.4, -0.2) is 15.9 Å². The summed E-state index contributed by atoms with van der Waals surface area (Å²) >= 11 is 0. The molecule has 3 N–H and O–H groups in total. The zero-order valence-corrected chi connectivity index (χ0v) is 12.5. The Morgan fingerprint density at radius 1 is 1.09 bits per heavy atom. The number of aromatic nitrogens is 2. The van der Waals surface area contributed by atoms with Crippen molar-refractivity contribution >= 4 is 17.3 Å². The van der Waals surface area contributed by atoms with Gasteiger partial charge in [-0.25, -0.2) is 9.97 Å². The maximum Gasteiger partial charge on any atom is 0.227 e. The second kappa shape index (κ2) is 6.56. The van der Waals surface area contributed by atoms with Crippen LogP contribution in [0, 0.1) is 5.92 Å². The number of rotatable bonds is 3. The average molecular weight is 296 g/mol. The third kappa shape index (κ3) is 3.24. The van der Waals surface area contributed by atoms with Crippen LogP contribution < -0.4 is 11.1 Å². The Labute approximate surface area is 130 Å². The quantitative estimate of drug-likeness (QED) is 0.852. The minimum atomic E-state index is 0.0767. The van der Waals surface area contributed by atoms with Gasteiger partial charge in [-0.05, 0) is 30.5 Å². The van der Waals surface area contributed by atoms with Gasteiger partial charge in [-0.1, -0.05) is 25.3 Å². The molecule has 1 aliphatic rings. The number of nitrogens with zero attached hydrogens (tertiary/aromatic N) is 2. The molecule has 1 saturated carbocycles. The smallest absolute Gasteiger partial charge is 0.227 e. The lowest BCUT2D eigenvalue weighted by atomic mass is 9.88. The molecular formula is C17H20N4O. The van der Waals surface area contributed by atoms with Crippen molar-refractivity contribution in [3.63, 3.8) is 0 Å². The molecule has 0 bridgehead atoms. The molecule has 1 aromatic heterocycles. The summed E-state index contributed by atoms with van der Waals surface area (Å²) in [5.74, 6) is 0.185. The third-order valence-electron chi connectivity index (χ3n) is 4.18. The van der Waals surface area contributed by atoms with Crippen molar-refractivity contribution in [2.45, 2.75) is 32.1 Å². The van der Waals surface area contributed by atoms with E-state index >= 15 is 0 Å². The first-order valence-electron chi connectivity index (χ1n) is 7.70.